The second-order valence-electron chi connectivity index (χ2n) is 7.10. The van der Waals surface area contributed by atoms with Gasteiger partial charge in [0.05, 0.1) is 16.9 Å². The summed E-state index contributed by atoms with van der Waals surface area (Å²) in [5.74, 6) is 0.499. The van der Waals surface area contributed by atoms with Crippen LogP contribution in [0.1, 0.15) is 33.3 Å². The van der Waals surface area contributed by atoms with Gasteiger partial charge in [0.2, 0.25) is 0 Å². The van der Waals surface area contributed by atoms with Crippen molar-refractivity contribution in [1.82, 2.24) is 0 Å². The Kier molecular flexibility index (Phi) is 4.19. The highest BCUT2D eigenvalue weighted by atomic mass is 16.7. The molecular formula is C17H23BN2O4. The van der Waals surface area contributed by atoms with Crippen LogP contribution in [0.5, 0.6) is 5.75 Å². The van der Waals surface area contributed by atoms with Crippen LogP contribution >= 0.6 is 0 Å². The topological polar surface area (TPSA) is 82.8 Å². The second kappa shape index (κ2) is 5.91. The number of nitrogens with one attached hydrogen (secondary N) is 1. The Labute approximate surface area is 142 Å². The van der Waals surface area contributed by atoms with E-state index in [2.05, 4.69) is 5.32 Å². The number of hydrogen-bond donors (Lipinski definition) is 2. The summed E-state index contributed by atoms with van der Waals surface area (Å²) in [5.41, 5.74) is 7.55. The largest absolute Gasteiger partial charge is 0.491 e. The van der Waals surface area contributed by atoms with Gasteiger partial charge in [-0.2, -0.15) is 0 Å². The summed E-state index contributed by atoms with van der Waals surface area (Å²) < 4.78 is 17.6. The van der Waals surface area contributed by atoms with Gasteiger partial charge in [-0.3, -0.25) is 4.79 Å². The fourth-order valence-corrected chi connectivity index (χ4v) is 2.61. The van der Waals surface area contributed by atoms with Crippen molar-refractivity contribution >= 4 is 24.8 Å². The van der Waals surface area contributed by atoms with E-state index in [0.717, 1.165) is 11.0 Å². The van der Waals surface area contributed by atoms with Crippen molar-refractivity contribution in [3.05, 3.63) is 29.2 Å². The van der Waals surface area contributed by atoms with Crippen molar-refractivity contribution in [3.63, 3.8) is 0 Å². The lowest BCUT2D eigenvalue weighted by Crippen LogP contribution is -2.41. The van der Waals surface area contributed by atoms with E-state index in [-0.39, 0.29) is 12.5 Å². The molecule has 128 valence electrons. The summed E-state index contributed by atoms with van der Waals surface area (Å²) in [7, 11) is -0.475. The maximum absolute atomic E-state index is 11.3. The van der Waals surface area contributed by atoms with Gasteiger partial charge in [-0.1, -0.05) is 12.1 Å². The Hall–Kier alpha value is -1.83. The first kappa shape index (κ1) is 17.0. The van der Waals surface area contributed by atoms with Crippen LogP contribution in [-0.2, 0) is 14.1 Å². The molecule has 3 N–H and O–H groups in total. The molecule has 0 aliphatic carbocycles. The molecule has 1 fully saturated rings. The van der Waals surface area contributed by atoms with Gasteiger partial charge in [-0.15, -0.1) is 0 Å². The molecule has 0 bridgehead atoms. The maximum Gasteiger partial charge on any atom is 0.491 e. The summed E-state index contributed by atoms with van der Waals surface area (Å²) in [4.78, 5) is 11.3. The van der Waals surface area contributed by atoms with Gasteiger partial charge < -0.3 is 25.1 Å². The Bertz CT molecular complexity index is 684. The lowest BCUT2D eigenvalue weighted by Gasteiger charge is -2.32. The van der Waals surface area contributed by atoms with Crippen LogP contribution in [0.3, 0.4) is 0 Å². The standard InChI is InChI=1S/C17H23BN2O4/c1-16(2)17(3,4)24-18(23-16)12(9-19)7-11-5-6-13-14(8-11)22-10-15(21)20-13/h5-8H,9-10,19H2,1-4H3,(H,20,21). The molecule has 1 saturated heterocycles. The van der Waals surface area contributed by atoms with Gasteiger partial charge >= 0.3 is 7.12 Å². The molecule has 2 heterocycles. The number of amides is 1. The SMILES string of the molecule is CC1(C)OB(C(=Cc2ccc3c(c2)OCC(=O)N3)CN)OC1(C)C. The molecule has 2 aliphatic heterocycles. The molecular weight excluding hydrogens is 307 g/mol. The van der Waals surface area contributed by atoms with Crippen molar-refractivity contribution in [3.8, 4) is 5.75 Å². The molecule has 0 atom stereocenters. The first-order valence-electron chi connectivity index (χ1n) is 8.05. The molecule has 6 nitrogen and oxygen atoms in total. The van der Waals surface area contributed by atoms with Gasteiger partial charge in [0.1, 0.15) is 5.75 Å². The number of anilines is 1. The van der Waals surface area contributed by atoms with Crippen molar-refractivity contribution in [2.24, 2.45) is 5.73 Å². The molecule has 0 spiro atoms. The summed E-state index contributed by atoms with van der Waals surface area (Å²) in [6, 6.07) is 5.58. The number of carbonyl (C=O) groups is 1. The summed E-state index contributed by atoms with van der Waals surface area (Å²) in [6.07, 6.45) is 1.95. The Morgan fingerprint density at radius 1 is 1.29 bits per heavy atom. The zero-order chi connectivity index (χ0) is 17.5. The third-order valence-electron chi connectivity index (χ3n) is 4.78. The highest BCUT2D eigenvalue weighted by Crippen LogP contribution is 2.39. The van der Waals surface area contributed by atoms with Crippen LogP contribution < -0.4 is 15.8 Å². The smallest absolute Gasteiger partial charge is 0.482 e. The molecule has 3 rings (SSSR count). The van der Waals surface area contributed by atoms with Crippen LogP contribution in [0, 0.1) is 0 Å². The number of fused-ring (bicyclic) bond motifs is 1. The lowest BCUT2D eigenvalue weighted by atomic mass is 9.77. The molecule has 24 heavy (non-hydrogen) atoms. The molecule has 0 unspecified atom stereocenters. The van der Waals surface area contributed by atoms with Crippen LogP contribution in [0.2, 0.25) is 0 Å². The van der Waals surface area contributed by atoms with Crippen molar-refractivity contribution < 1.29 is 18.8 Å². The molecule has 1 aromatic rings. The number of nitrogens with two attached hydrogens (primary N) is 1. The quantitative estimate of drug-likeness (QED) is 0.828. The highest BCUT2D eigenvalue weighted by molar-refractivity contribution is 6.55. The first-order chi connectivity index (χ1) is 11.2. The van der Waals surface area contributed by atoms with Gasteiger partial charge in [-0.25, -0.2) is 0 Å². The number of rotatable bonds is 3. The average molecular weight is 330 g/mol. The number of hydrogen-bond acceptors (Lipinski definition) is 5. The van der Waals surface area contributed by atoms with E-state index < -0.39 is 18.3 Å². The fraction of sp³-hybridized carbons (Fsp3) is 0.471. The van der Waals surface area contributed by atoms with E-state index in [1.165, 1.54) is 0 Å². The average Bonchev–Trinajstić information content (AvgIpc) is 2.73. The van der Waals surface area contributed by atoms with Crippen molar-refractivity contribution in [2.75, 3.05) is 18.5 Å². The maximum atomic E-state index is 11.3. The third kappa shape index (κ3) is 3.07. The van der Waals surface area contributed by atoms with E-state index in [0.29, 0.717) is 18.0 Å². The molecule has 1 aromatic carbocycles. The zero-order valence-electron chi connectivity index (χ0n) is 14.5. The van der Waals surface area contributed by atoms with Crippen LogP contribution in [0.15, 0.2) is 23.7 Å². The Morgan fingerprint density at radius 3 is 2.58 bits per heavy atom. The van der Waals surface area contributed by atoms with Crippen LogP contribution in [0.25, 0.3) is 6.08 Å². The number of benzene rings is 1. The predicted molar refractivity (Wildman–Crippen MR) is 93.7 cm³/mol. The van der Waals surface area contributed by atoms with E-state index in [1.54, 1.807) is 0 Å². The minimum atomic E-state index is -0.475. The van der Waals surface area contributed by atoms with E-state index in [9.17, 15) is 4.79 Å². The minimum absolute atomic E-state index is 0.0289. The monoisotopic (exact) mass is 330 g/mol. The molecule has 2 aliphatic rings. The third-order valence-corrected chi connectivity index (χ3v) is 4.78. The van der Waals surface area contributed by atoms with Gasteiger partial charge in [0.25, 0.3) is 5.91 Å². The van der Waals surface area contributed by atoms with Crippen molar-refractivity contribution in [2.45, 2.75) is 38.9 Å². The number of carbonyl (C=O) groups excluding carboxylic acids is 1. The van der Waals surface area contributed by atoms with Crippen LogP contribution in [-0.4, -0.2) is 37.4 Å². The molecule has 7 heteroatoms. The molecule has 0 radical (unpaired) electrons. The first-order valence-corrected chi connectivity index (χ1v) is 8.05. The normalized spacial score (nSPS) is 22.0. The Balaban J connectivity index is 1.85. The summed E-state index contributed by atoms with van der Waals surface area (Å²) in [6.45, 7) is 8.40. The minimum Gasteiger partial charge on any atom is -0.482 e. The zero-order valence-corrected chi connectivity index (χ0v) is 14.5. The number of ether oxygens (including phenoxy) is 1. The van der Waals surface area contributed by atoms with Crippen LogP contribution in [0.4, 0.5) is 5.69 Å². The lowest BCUT2D eigenvalue weighted by molar-refractivity contribution is -0.118. The van der Waals surface area contributed by atoms with Gasteiger partial charge in [0, 0.05) is 6.54 Å². The summed E-state index contributed by atoms with van der Waals surface area (Å²) >= 11 is 0. The second-order valence-corrected chi connectivity index (χ2v) is 7.10. The van der Waals surface area contributed by atoms with Gasteiger partial charge in [0.15, 0.2) is 6.61 Å². The molecule has 1 amide bonds. The molecule has 0 aromatic heterocycles. The summed E-state index contributed by atoms with van der Waals surface area (Å²) in [5, 5.41) is 2.77. The van der Waals surface area contributed by atoms with Gasteiger partial charge in [-0.05, 0) is 50.9 Å². The Morgan fingerprint density at radius 2 is 1.96 bits per heavy atom. The predicted octanol–water partition coefficient (Wildman–Crippen LogP) is 1.99. The van der Waals surface area contributed by atoms with E-state index >= 15 is 0 Å². The van der Waals surface area contributed by atoms with E-state index in [4.69, 9.17) is 19.8 Å². The highest BCUT2D eigenvalue weighted by Gasteiger charge is 2.52. The molecule has 0 saturated carbocycles. The van der Waals surface area contributed by atoms with Crippen molar-refractivity contribution in [1.29, 1.82) is 0 Å². The fourth-order valence-electron chi connectivity index (χ4n) is 2.61. The van der Waals surface area contributed by atoms with E-state index in [1.807, 2.05) is 52.0 Å².